The van der Waals surface area contributed by atoms with E-state index in [4.69, 9.17) is 22.1 Å². The molecule has 1 atom stereocenters. The van der Waals surface area contributed by atoms with Crippen LogP contribution in [-0.2, 0) is 11.8 Å². The first-order valence-electron chi connectivity index (χ1n) is 10.4. The van der Waals surface area contributed by atoms with E-state index < -0.39 is 6.04 Å². The summed E-state index contributed by atoms with van der Waals surface area (Å²) in [6.07, 6.45) is 4.61. The van der Waals surface area contributed by atoms with Gasteiger partial charge in [0.05, 0.1) is 42.2 Å². The molecule has 9 nitrogen and oxygen atoms in total. The van der Waals surface area contributed by atoms with Crippen molar-refractivity contribution in [1.82, 2.24) is 14.5 Å². The third-order valence-corrected chi connectivity index (χ3v) is 5.79. The summed E-state index contributed by atoms with van der Waals surface area (Å²) in [4.78, 5) is 40.2. The van der Waals surface area contributed by atoms with Crippen LogP contribution in [0, 0.1) is 6.92 Å². The molecule has 3 aromatic rings. The highest BCUT2D eigenvalue weighted by atomic mass is 35.5. The summed E-state index contributed by atoms with van der Waals surface area (Å²) in [7, 11) is 3.11. The van der Waals surface area contributed by atoms with Gasteiger partial charge in [-0.15, -0.1) is 0 Å². The average Bonchev–Trinajstić information content (AvgIpc) is 3.08. The Balaban J connectivity index is 1.85. The number of aliphatic imine (C=N–C) groups is 1. The number of benzene rings is 1. The van der Waals surface area contributed by atoms with Gasteiger partial charge in [0, 0.05) is 23.8 Å². The summed E-state index contributed by atoms with van der Waals surface area (Å²) < 4.78 is 6.42. The zero-order chi connectivity index (χ0) is 24.6. The van der Waals surface area contributed by atoms with Crippen molar-refractivity contribution in [2.45, 2.75) is 19.9 Å². The second kappa shape index (κ2) is 9.11. The quantitative estimate of drug-likeness (QED) is 0.563. The van der Waals surface area contributed by atoms with Crippen LogP contribution in [-0.4, -0.2) is 33.3 Å². The lowest BCUT2D eigenvalue weighted by Gasteiger charge is -2.27. The van der Waals surface area contributed by atoms with Crippen molar-refractivity contribution < 1.29 is 9.53 Å². The van der Waals surface area contributed by atoms with Crippen LogP contribution in [0.15, 0.2) is 70.0 Å². The minimum atomic E-state index is -0.603. The molecule has 3 heterocycles. The molecule has 1 aromatic carbocycles. The molecule has 0 saturated carbocycles. The van der Waals surface area contributed by atoms with E-state index in [1.165, 1.54) is 24.1 Å². The van der Waals surface area contributed by atoms with Gasteiger partial charge < -0.3 is 15.0 Å². The molecule has 0 spiro atoms. The fraction of sp³-hybridized carbons (Fsp3) is 0.208. The highest BCUT2D eigenvalue weighted by molar-refractivity contribution is 6.30. The van der Waals surface area contributed by atoms with Crippen LogP contribution in [0.2, 0.25) is 5.02 Å². The van der Waals surface area contributed by atoms with Crippen LogP contribution in [0.3, 0.4) is 0 Å². The summed E-state index contributed by atoms with van der Waals surface area (Å²) in [5.41, 5.74) is 9.78. The Kier molecular flexibility index (Phi) is 6.21. The molecule has 2 aromatic heterocycles. The Morgan fingerprint density at radius 2 is 1.82 bits per heavy atom. The number of carbonyl (C=O) groups excluding carboxylic acids is 1. The summed E-state index contributed by atoms with van der Waals surface area (Å²) in [6, 6.07) is 8.42. The van der Waals surface area contributed by atoms with Gasteiger partial charge in [-0.2, -0.15) is 0 Å². The minimum absolute atomic E-state index is 0.142. The van der Waals surface area contributed by atoms with Crippen LogP contribution in [0.25, 0.3) is 0 Å². The molecule has 34 heavy (non-hydrogen) atoms. The van der Waals surface area contributed by atoms with Crippen LogP contribution >= 0.6 is 11.6 Å². The van der Waals surface area contributed by atoms with E-state index in [9.17, 15) is 9.59 Å². The van der Waals surface area contributed by atoms with Gasteiger partial charge in [-0.1, -0.05) is 23.7 Å². The molecule has 1 unspecified atom stereocenters. The largest absolute Gasteiger partial charge is 0.467 e. The summed E-state index contributed by atoms with van der Waals surface area (Å²) in [5.74, 6) is -0.328. The minimum Gasteiger partial charge on any atom is -0.467 e. The van der Waals surface area contributed by atoms with Crippen LogP contribution in [0.5, 0.6) is 6.01 Å². The Bertz CT molecular complexity index is 1350. The third kappa shape index (κ3) is 4.17. The van der Waals surface area contributed by atoms with Gasteiger partial charge in [-0.25, -0.2) is 15.0 Å². The fourth-order valence-corrected chi connectivity index (χ4v) is 4.08. The molecule has 1 amide bonds. The molecule has 0 fully saturated rings. The van der Waals surface area contributed by atoms with Crippen molar-refractivity contribution in [3.05, 3.63) is 86.7 Å². The SMILES string of the molecule is COc1ncc(N=C(C)C2=C(N)C(c3ccc(Cl)cc3)N(c3cc(C)c(=O)n(C)c3)C2=O)cn1. The monoisotopic (exact) mass is 478 g/mol. The molecular formula is C24H23ClN6O3. The van der Waals surface area contributed by atoms with E-state index >= 15 is 0 Å². The molecule has 0 bridgehead atoms. The number of nitrogens with zero attached hydrogens (tertiary/aromatic N) is 5. The van der Waals surface area contributed by atoms with Crippen molar-refractivity contribution in [2.75, 3.05) is 12.0 Å². The van der Waals surface area contributed by atoms with Crippen LogP contribution in [0.4, 0.5) is 11.4 Å². The highest BCUT2D eigenvalue weighted by Gasteiger charge is 2.41. The van der Waals surface area contributed by atoms with E-state index in [2.05, 4.69) is 15.0 Å². The number of ether oxygens (including phenoxy) is 1. The van der Waals surface area contributed by atoms with Crippen molar-refractivity contribution in [2.24, 2.45) is 17.8 Å². The number of hydrogen-bond donors (Lipinski definition) is 1. The van der Waals surface area contributed by atoms with Gasteiger partial charge in [0.25, 0.3) is 11.5 Å². The Hall–Kier alpha value is -3.98. The van der Waals surface area contributed by atoms with Crippen LogP contribution < -0.4 is 20.9 Å². The second-order valence-electron chi connectivity index (χ2n) is 7.88. The lowest BCUT2D eigenvalue weighted by Crippen LogP contribution is -2.33. The zero-order valence-electron chi connectivity index (χ0n) is 19.1. The van der Waals surface area contributed by atoms with Crippen molar-refractivity contribution in [3.8, 4) is 6.01 Å². The highest BCUT2D eigenvalue weighted by Crippen LogP contribution is 2.39. The first-order valence-corrected chi connectivity index (χ1v) is 10.8. The van der Waals surface area contributed by atoms with Gasteiger partial charge in [-0.05, 0) is 37.6 Å². The smallest absolute Gasteiger partial charge is 0.316 e. The molecule has 2 N–H and O–H groups in total. The van der Waals surface area contributed by atoms with Gasteiger partial charge in [0.2, 0.25) is 0 Å². The maximum Gasteiger partial charge on any atom is 0.316 e. The number of methoxy groups -OCH3 is 1. The molecule has 0 aliphatic carbocycles. The van der Waals surface area contributed by atoms with Crippen LogP contribution in [0.1, 0.15) is 24.1 Å². The van der Waals surface area contributed by atoms with E-state index in [0.717, 1.165) is 5.56 Å². The molecule has 0 saturated heterocycles. The standard InChI is InChI=1S/C24H23ClN6O3/c1-13-9-18(12-30(3)22(13)32)31-21(15-5-7-16(25)8-6-15)20(26)19(23(31)33)14(2)29-17-10-27-24(34-4)28-11-17/h5-12,21H,26H2,1-4H3. The Labute approximate surface area is 201 Å². The van der Waals surface area contributed by atoms with Crippen molar-refractivity contribution in [1.29, 1.82) is 0 Å². The number of carbonyl (C=O) groups is 1. The second-order valence-corrected chi connectivity index (χ2v) is 8.32. The normalized spacial score (nSPS) is 16.4. The number of amides is 1. The molecule has 1 aliphatic rings. The average molecular weight is 479 g/mol. The van der Waals surface area contributed by atoms with E-state index in [1.807, 2.05) is 12.1 Å². The predicted molar refractivity (Wildman–Crippen MR) is 131 cm³/mol. The van der Waals surface area contributed by atoms with E-state index in [-0.39, 0.29) is 23.1 Å². The first-order chi connectivity index (χ1) is 16.2. The molecule has 174 valence electrons. The Morgan fingerprint density at radius 3 is 2.41 bits per heavy atom. The van der Waals surface area contributed by atoms with Crippen molar-refractivity contribution in [3.63, 3.8) is 0 Å². The lowest BCUT2D eigenvalue weighted by molar-refractivity contribution is -0.114. The number of hydrogen-bond acceptors (Lipinski definition) is 7. The van der Waals surface area contributed by atoms with E-state index in [1.54, 1.807) is 50.2 Å². The van der Waals surface area contributed by atoms with Gasteiger partial charge in [-0.3, -0.25) is 14.5 Å². The van der Waals surface area contributed by atoms with Gasteiger partial charge >= 0.3 is 6.01 Å². The third-order valence-electron chi connectivity index (χ3n) is 5.54. The molecule has 0 radical (unpaired) electrons. The molecule has 4 rings (SSSR count). The number of rotatable bonds is 5. The maximum absolute atomic E-state index is 13.7. The number of halogens is 1. The molecular weight excluding hydrogens is 456 g/mol. The number of aryl methyl sites for hydroxylation is 2. The topological polar surface area (TPSA) is 116 Å². The predicted octanol–water partition coefficient (Wildman–Crippen LogP) is 3.24. The number of pyridine rings is 1. The summed E-state index contributed by atoms with van der Waals surface area (Å²) in [6.45, 7) is 3.41. The molecule has 10 heteroatoms. The lowest BCUT2D eigenvalue weighted by atomic mass is 10.0. The van der Waals surface area contributed by atoms with E-state index in [0.29, 0.717) is 33.4 Å². The Morgan fingerprint density at radius 1 is 1.18 bits per heavy atom. The maximum atomic E-state index is 13.7. The molecule has 1 aliphatic heterocycles. The summed E-state index contributed by atoms with van der Waals surface area (Å²) >= 11 is 6.09. The summed E-state index contributed by atoms with van der Waals surface area (Å²) in [5, 5.41) is 0.567. The fourth-order valence-electron chi connectivity index (χ4n) is 3.95. The van der Waals surface area contributed by atoms with Crippen molar-refractivity contribution >= 4 is 34.6 Å². The van der Waals surface area contributed by atoms with Gasteiger partial charge in [0.15, 0.2) is 0 Å². The number of aromatic nitrogens is 3. The first kappa shape index (κ1) is 23.2. The number of nitrogens with two attached hydrogens (primary N) is 1. The van der Waals surface area contributed by atoms with Gasteiger partial charge in [0.1, 0.15) is 11.7 Å². The zero-order valence-corrected chi connectivity index (χ0v) is 19.9. The number of anilines is 1.